The summed E-state index contributed by atoms with van der Waals surface area (Å²) >= 11 is 0. The zero-order chi connectivity index (χ0) is 14.0. The number of nitrogen functional groups attached to an aromatic ring is 1. The molecular formula is C14H11F2NO2. The summed E-state index contributed by atoms with van der Waals surface area (Å²) < 4.78 is 31.1. The third-order valence-electron chi connectivity index (χ3n) is 2.69. The van der Waals surface area contributed by atoms with E-state index < -0.39 is 17.6 Å². The number of halogens is 2. The van der Waals surface area contributed by atoms with E-state index in [1.54, 1.807) is 0 Å². The Bertz CT molecular complexity index is 641. The Balaban J connectivity index is 2.49. The van der Waals surface area contributed by atoms with E-state index in [-0.39, 0.29) is 16.8 Å². The van der Waals surface area contributed by atoms with Gasteiger partial charge in [0.05, 0.1) is 12.7 Å². The molecular weight excluding hydrogens is 252 g/mol. The van der Waals surface area contributed by atoms with Crippen LogP contribution >= 0.6 is 0 Å². The topological polar surface area (TPSA) is 52.3 Å². The van der Waals surface area contributed by atoms with Gasteiger partial charge in [0.25, 0.3) is 0 Å². The maximum Gasteiger partial charge on any atom is 0.337 e. The highest BCUT2D eigenvalue weighted by atomic mass is 19.1. The van der Waals surface area contributed by atoms with Gasteiger partial charge in [-0.2, -0.15) is 0 Å². The van der Waals surface area contributed by atoms with Crippen LogP contribution in [0.2, 0.25) is 0 Å². The lowest BCUT2D eigenvalue weighted by atomic mass is 10.0. The van der Waals surface area contributed by atoms with Crippen molar-refractivity contribution in [3.63, 3.8) is 0 Å². The summed E-state index contributed by atoms with van der Waals surface area (Å²) in [5, 5.41) is 0. The second-order valence-corrected chi connectivity index (χ2v) is 3.92. The van der Waals surface area contributed by atoms with Crippen LogP contribution < -0.4 is 5.73 Å². The van der Waals surface area contributed by atoms with Gasteiger partial charge in [-0.05, 0) is 24.3 Å². The minimum Gasteiger partial charge on any atom is -0.465 e. The van der Waals surface area contributed by atoms with Crippen LogP contribution in [-0.2, 0) is 4.74 Å². The fourth-order valence-electron chi connectivity index (χ4n) is 1.76. The molecule has 0 amide bonds. The molecule has 0 aromatic heterocycles. The first kappa shape index (κ1) is 13.0. The van der Waals surface area contributed by atoms with Gasteiger partial charge < -0.3 is 10.5 Å². The predicted octanol–water partition coefficient (Wildman–Crippen LogP) is 3.00. The first-order valence-electron chi connectivity index (χ1n) is 5.46. The number of carbonyl (C=O) groups excluding carboxylic acids is 1. The van der Waals surface area contributed by atoms with Crippen molar-refractivity contribution in [2.24, 2.45) is 0 Å². The number of nitrogens with two attached hydrogens (primary N) is 1. The largest absolute Gasteiger partial charge is 0.465 e. The lowest BCUT2D eigenvalue weighted by molar-refractivity contribution is 0.0601. The van der Waals surface area contributed by atoms with Crippen LogP contribution in [0.1, 0.15) is 10.4 Å². The summed E-state index contributed by atoms with van der Waals surface area (Å²) in [6.45, 7) is 0. The van der Waals surface area contributed by atoms with Gasteiger partial charge in [0, 0.05) is 22.9 Å². The minimum absolute atomic E-state index is 0.176. The van der Waals surface area contributed by atoms with Crippen molar-refractivity contribution in [2.45, 2.75) is 0 Å². The molecule has 0 radical (unpaired) electrons. The van der Waals surface area contributed by atoms with Gasteiger partial charge >= 0.3 is 5.97 Å². The summed E-state index contributed by atoms with van der Waals surface area (Å²) in [5.74, 6) is -1.90. The molecule has 0 aliphatic heterocycles. The number of esters is 1. The average molecular weight is 263 g/mol. The molecule has 0 heterocycles. The number of rotatable bonds is 2. The van der Waals surface area contributed by atoms with Crippen molar-refractivity contribution in [1.82, 2.24) is 0 Å². The molecule has 2 rings (SSSR count). The maximum atomic E-state index is 13.7. The Morgan fingerprint density at radius 1 is 1.11 bits per heavy atom. The molecule has 5 heteroatoms. The third kappa shape index (κ3) is 2.54. The quantitative estimate of drug-likeness (QED) is 0.669. The Kier molecular flexibility index (Phi) is 3.46. The van der Waals surface area contributed by atoms with Crippen LogP contribution in [0.15, 0.2) is 36.4 Å². The average Bonchev–Trinajstić information content (AvgIpc) is 2.38. The summed E-state index contributed by atoms with van der Waals surface area (Å²) in [6.07, 6.45) is 0. The highest BCUT2D eigenvalue weighted by Crippen LogP contribution is 2.29. The van der Waals surface area contributed by atoms with Crippen LogP contribution in [0.4, 0.5) is 14.5 Å². The zero-order valence-corrected chi connectivity index (χ0v) is 10.1. The highest BCUT2D eigenvalue weighted by molar-refractivity contribution is 5.92. The van der Waals surface area contributed by atoms with Crippen molar-refractivity contribution in [1.29, 1.82) is 0 Å². The van der Waals surface area contributed by atoms with Gasteiger partial charge in [-0.3, -0.25) is 0 Å². The first-order valence-corrected chi connectivity index (χ1v) is 5.46. The van der Waals surface area contributed by atoms with Crippen LogP contribution in [0.25, 0.3) is 11.1 Å². The Morgan fingerprint density at radius 2 is 1.79 bits per heavy atom. The zero-order valence-electron chi connectivity index (χ0n) is 10.1. The standard InChI is InChI=1S/C14H11F2NO2/c1-19-14(18)8-2-4-11(13(17)6-8)10-5-3-9(15)7-12(10)16/h2-7H,17H2,1H3. The fourth-order valence-corrected chi connectivity index (χ4v) is 1.76. The molecule has 0 fully saturated rings. The molecule has 2 N–H and O–H groups in total. The number of hydrogen-bond acceptors (Lipinski definition) is 3. The third-order valence-corrected chi connectivity index (χ3v) is 2.69. The normalized spacial score (nSPS) is 10.3. The second kappa shape index (κ2) is 5.06. The Morgan fingerprint density at radius 3 is 2.37 bits per heavy atom. The van der Waals surface area contributed by atoms with E-state index >= 15 is 0 Å². The van der Waals surface area contributed by atoms with E-state index in [1.807, 2.05) is 0 Å². The lowest BCUT2D eigenvalue weighted by Crippen LogP contribution is -2.03. The van der Waals surface area contributed by atoms with E-state index in [2.05, 4.69) is 4.74 Å². The van der Waals surface area contributed by atoms with Crippen LogP contribution in [0, 0.1) is 11.6 Å². The number of anilines is 1. The van der Waals surface area contributed by atoms with Crippen molar-refractivity contribution in [3.05, 3.63) is 53.6 Å². The molecule has 0 spiro atoms. The smallest absolute Gasteiger partial charge is 0.337 e. The molecule has 0 atom stereocenters. The molecule has 2 aromatic rings. The summed E-state index contributed by atoms with van der Waals surface area (Å²) in [6, 6.07) is 7.59. The van der Waals surface area contributed by atoms with Crippen LogP contribution in [-0.4, -0.2) is 13.1 Å². The van der Waals surface area contributed by atoms with Crippen molar-refractivity contribution in [2.75, 3.05) is 12.8 Å². The van der Waals surface area contributed by atoms with Crippen molar-refractivity contribution >= 4 is 11.7 Å². The monoisotopic (exact) mass is 263 g/mol. The second-order valence-electron chi connectivity index (χ2n) is 3.92. The molecule has 3 nitrogen and oxygen atoms in total. The molecule has 0 unspecified atom stereocenters. The minimum atomic E-state index is -0.711. The van der Waals surface area contributed by atoms with Gasteiger partial charge in [-0.15, -0.1) is 0 Å². The Hall–Kier alpha value is -2.43. The fraction of sp³-hybridized carbons (Fsp3) is 0.0714. The van der Waals surface area contributed by atoms with E-state index in [0.29, 0.717) is 5.56 Å². The number of benzene rings is 2. The van der Waals surface area contributed by atoms with Gasteiger partial charge in [-0.25, -0.2) is 13.6 Å². The predicted molar refractivity (Wildman–Crippen MR) is 67.5 cm³/mol. The van der Waals surface area contributed by atoms with Gasteiger partial charge in [-0.1, -0.05) is 6.07 Å². The molecule has 0 aliphatic rings. The maximum absolute atomic E-state index is 13.7. The summed E-state index contributed by atoms with van der Waals surface area (Å²) in [4.78, 5) is 11.3. The van der Waals surface area contributed by atoms with Gasteiger partial charge in [0.15, 0.2) is 0 Å². The molecule has 2 aromatic carbocycles. The van der Waals surface area contributed by atoms with E-state index in [4.69, 9.17) is 5.73 Å². The molecule has 19 heavy (non-hydrogen) atoms. The molecule has 0 saturated carbocycles. The number of carbonyl (C=O) groups is 1. The molecule has 0 aliphatic carbocycles. The van der Waals surface area contributed by atoms with Crippen LogP contribution in [0.5, 0.6) is 0 Å². The first-order chi connectivity index (χ1) is 9.02. The SMILES string of the molecule is COC(=O)c1ccc(-c2ccc(F)cc2F)c(N)c1. The molecule has 0 bridgehead atoms. The Labute approximate surface area is 108 Å². The number of ether oxygens (including phenoxy) is 1. The molecule has 0 saturated heterocycles. The van der Waals surface area contributed by atoms with E-state index in [1.165, 1.54) is 31.4 Å². The van der Waals surface area contributed by atoms with Crippen molar-refractivity contribution < 1.29 is 18.3 Å². The number of hydrogen-bond donors (Lipinski definition) is 1. The molecule has 98 valence electrons. The number of methoxy groups -OCH3 is 1. The van der Waals surface area contributed by atoms with Crippen LogP contribution in [0.3, 0.4) is 0 Å². The van der Waals surface area contributed by atoms with E-state index in [0.717, 1.165) is 12.1 Å². The highest BCUT2D eigenvalue weighted by Gasteiger charge is 2.12. The van der Waals surface area contributed by atoms with E-state index in [9.17, 15) is 13.6 Å². The summed E-state index contributed by atoms with van der Waals surface area (Å²) in [5.41, 5.74) is 6.84. The van der Waals surface area contributed by atoms with Crippen molar-refractivity contribution in [3.8, 4) is 11.1 Å². The summed E-state index contributed by atoms with van der Waals surface area (Å²) in [7, 11) is 1.26. The van der Waals surface area contributed by atoms with Gasteiger partial charge in [0.2, 0.25) is 0 Å². The van der Waals surface area contributed by atoms with Gasteiger partial charge in [0.1, 0.15) is 11.6 Å². The lowest BCUT2D eigenvalue weighted by Gasteiger charge is -2.08.